The fraction of sp³-hybridized carbons (Fsp3) is 0.647. The highest BCUT2D eigenvalue weighted by atomic mass is 32.2. The second-order valence-electron chi connectivity index (χ2n) is 7.04. The number of hydrogen-bond donors (Lipinski definition) is 1. The molecule has 1 aromatic carbocycles. The lowest BCUT2D eigenvalue weighted by Gasteiger charge is -2.41. The number of rotatable bonds is 3. The van der Waals surface area contributed by atoms with Crippen LogP contribution >= 0.6 is 0 Å². The standard InChI is InChI=1S/C17H26FNOS/c1-17(2,3)12-9-10-14(19-4)16(11-12)21(20)15-8-6-5-7-13(15)18/h5-8,12,14,16,19H,9-11H2,1-4H3. The van der Waals surface area contributed by atoms with E-state index < -0.39 is 10.8 Å². The number of nitrogens with one attached hydrogen (secondary N) is 1. The number of benzene rings is 1. The molecule has 118 valence electrons. The van der Waals surface area contributed by atoms with E-state index >= 15 is 0 Å². The van der Waals surface area contributed by atoms with Crippen molar-refractivity contribution in [1.82, 2.24) is 5.32 Å². The predicted molar refractivity (Wildman–Crippen MR) is 86.2 cm³/mol. The molecular formula is C17H26FNOS. The van der Waals surface area contributed by atoms with Crippen molar-refractivity contribution in [3.05, 3.63) is 30.1 Å². The first-order valence-electron chi connectivity index (χ1n) is 7.67. The third-order valence-corrected chi connectivity index (χ3v) is 6.55. The molecule has 1 saturated carbocycles. The molecule has 1 aromatic rings. The first-order chi connectivity index (χ1) is 9.84. The summed E-state index contributed by atoms with van der Waals surface area (Å²) in [6, 6.07) is 6.65. The van der Waals surface area contributed by atoms with Crippen molar-refractivity contribution >= 4 is 10.8 Å². The molecule has 4 heteroatoms. The molecule has 2 nitrogen and oxygen atoms in total. The molecule has 21 heavy (non-hydrogen) atoms. The summed E-state index contributed by atoms with van der Waals surface area (Å²) in [4.78, 5) is 0.345. The molecule has 1 aliphatic rings. The van der Waals surface area contributed by atoms with Gasteiger partial charge in [0.05, 0.1) is 20.9 Å². The summed E-state index contributed by atoms with van der Waals surface area (Å²) in [5, 5.41) is 3.26. The van der Waals surface area contributed by atoms with E-state index in [2.05, 4.69) is 26.1 Å². The van der Waals surface area contributed by atoms with Crippen LogP contribution in [0.3, 0.4) is 0 Å². The summed E-state index contributed by atoms with van der Waals surface area (Å²) < 4.78 is 26.8. The van der Waals surface area contributed by atoms with E-state index in [-0.39, 0.29) is 22.5 Å². The van der Waals surface area contributed by atoms with Crippen LogP contribution in [0.5, 0.6) is 0 Å². The summed E-state index contributed by atoms with van der Waals surface area (Å²) in [7, 11) is 0.606. The van der Waals surface area contributed by atoms with Crippen LogP contribution in [0.15, 0.2) is 29.2 Å². The Morgan fingerprint density at radius 3 is 2.48 bits per heavy atom. The molecule has 2 rings (SSSR count). The minimum Gasteiger partial charge on any atom is -0.316 e. The van der Waals surface area contributed by atoms with Gasteiger partial charge < -0.3 is 5.32 Å². The lowest BCUT2D eigenvalue weighted by Crippen LogP contribution is -2.47. The molecule has 4 unspecified atom stereocenters. The van der Waals surface area contributed by atoms with Gasteiger partial charge in [0.15, 0.2) is 0 Å². The fourth-order valence-corrected chi connectivity index (χ4v) is 5.03. The van der Waals surface area contributed by atoms with E-state index in [1.54, 1.807) is 18.2 Å². The molecule has 0 heterocycles. The maximum absolute atomic E-state index is 13.9. The van der Waals surface area contributed by atoms with Gasteiger partial charge in [-0.05, 0) is 49.8 Å². The molecule has 4 atom stereocenters. The average Bonchev–Trinajstić information content (AvgIpc) is 2.45. The average molecular weight is 311 g/mol. The maximum atomic E-state index is 13.9. The van der Waals surface area contributed by atoms with Gasteiger partial charge in [-0.25, -0.2) is 4.39 Å². The van der Waals surface area contributed by atoms with Crippen LogP contribution in [0.1, 0.15) is 40.0 Å². The molecule has 1 aliphatic carbocycles. The summed E-state index contributed by atoms with van der Waals surface area (Å²) >= 11 is 0. The SMILES string of the molecule is CNC1CCC(C(C)(C)C)CC1S(=O)c1ccccc1F. The van der Waals surface area contributed by atoms with Gasteiger partial charge in [0.2, 0.25) is 0 Å². The molecule has 1 fully saturated rings. The summed E-state index contributed by atoms with van der Waals surface area (Å²) in [6.45, 7) is 6.71. The number of hydrogen-bond acceptors (Lipinski definition) is 2. The first kappa shape index (κ1) is 16.6. The molecular weight excluding hydrogens is 285 g/mol. The molecule has 0 aliphatic heterocycles. The minimum atomic E-state index is -1.30. The van der Waals surface area contributed by atoms with Crippen LogP contribution < -0.4 is 5.32 Å². The monoisotopic (exact) mass is 311 g/mol. The van der Waals surface area contributed by atoms with E-state index in [4.69, 9.17) is 0 Å². The maximum Gasteiger partial charge on any atom is 0.139 e. The predicted octanol–water partition coefficient (Wildman–Crippen LogP) is 3.74. The van der Waals surface area contributed by atoms with Crippen molar-refractivity contribution in [3.8, 4) is 0 Å². The highest BCUT2D eigenvalue weighted by molar-refractivity contribution is 7.85. The molecule has 0 aromatic heterocycles. The van der Waals surface area contributed by atoms with Gasteiger partial charge in [-0.2, -0.15) is 0 Å². The van der Waals surface area contributed by atoms with Crippen LogP contribution in [-0.2, 0) is 10.8 Å². The van der Waals surface area contributed by atoms with Gasteiger partial charge in [0.25, 0.3) is 0 Å². The Kier molecular flexibility index (Phi) is 5.20. The second kappa shape index (κ2) is 6.57. The number of halogens is 1. The smallest absolute Gasteiger partial charge is 0.139 e. The Morgan fingerprint density at radius 1 is 1.24 bits per heavy atom. The minimum absolute atomic E-state index is 0.0233. The summed E-state index contributed by atoms with van der Waals surface area (Å²) in [5.74, 6) is 0.173. The van der Waals surface area contributed by atoms with E-state index in [1.165, 1.54) is 6.07 Å². The molecule has 0 amide bonds. The highest BCUT2D eigenvalue weighted by Crippen LogP contribution is 2.40. The first-order valence-corrected chi connectivity index (χ1v) is 8.88. The van der Waals surface area contributed by atoms with Gasteiger partial charge >= 0.3 is 0 Å². The largest absolute Gasteiger partial charge is 0.316 e. The van der Waals surface area contributed by atoms with Gasteiger partial charge in [0, 0.05) is 6.04 Å². The lowest BCUT2D eigenvalue weighted by molar-refractivity contribution is 0.166. The summed E-state index contributed by atoms with van der Waals surface area (Å²) in [6.07, 6.45) is 3.03. The third kappa shape index (κ3) is 3.72. The van der Waals surface area contributed by atoms with Crippen LogP contribution in [0.2, 0.25) is 0 Å². The fourth-order valence-electron chi connectivity index (χ4n) is 3.25. The van der Waals surface area contributed by atoms with Crippen molar-refractivity contribution in [1.29, 1.82) is 0 Å². The Balaban J connectivity index is 2.25. The second-order valence-corrected chi connectivity index (χ2v) is 8.68. The zero-order valence-electron chi connectivity index (χ0n) is 13.4. The van der Waals surface area contributed by atoms with Crippen molar-refractivity contribution in [2.45, 2.75) is 56.2 Å². The van der Waals surface area contributed by atoms with Crippen molar-refractivity contribution in [3.63, 3.8) is 0 Å². The van der Waals surface area contributed by atoms with E-state index in [0.717, 1.165) is 19.3 Å². The van der Waals surface area contributed by atoms with Gasteiger partial charge in [0.1, 0.15) is 5.82 Å². The normalized spacial score (nSPS) is 28.3. The van der Waals surface area contributed by atoms with Gasteiger partial charge in [-0.15, -0.1) is 0 Å². The van der Waals surface area contributed by atoms with Crippen LogP contribution in [0.4, 0.5) is 4.39 Å². The molecule has 0 bridgehead atoms. The Hall–Kier alpha value is -0.740. The lowest BCUT2D eigenvalue weighted by atomic mass is 9.71. The molecule has 1 N–H and O–H groups in total. The van der Waals surface area contributed by atoms with Crippen molar-refractivity contribution in [2.24, 2.45) is 11.3 Å². The van der Waals surface area contributed by atoms with E-state index in [1.807, 2.05) is 7.05 Å². The Bertz CT molecular complexity index is 512. The van der Waals surface area contributed by atoms with Gasteiger partial charge in [-0.1, -0.05) is 32.9 Å². The highest BCUT2D eigenvalue weighted by Gasteiger charge is 2.38. The van der Waals surface area contributed by atoms with Crippen LogP contribution in [0, 0.1) is 17.2 Å². The van der Waals surface area contributed by atoms with Crippen LogP contribution in [0.25, 0.3) is 0 Å². The molecule has 0 radical (unpaired) electrons. The van der Waals surface area contributed by atoms with Crippen LogP contribution in [-0.4, -0.2) is 22.5 Å². The quantitative estimate of drug-likeness (QED) is 0.921. The van der Waals surface area contributed by atoms with Crippen molar-refractivity contribution < 1.29 is 8.60 Å². The topological polar surface area (TPSA) is 29.1 Å². The molecule has 0 spiro atoms. The Morgan fingerprint density at radius 2 is 1.90 bits per heavy atom. The van der Waals surface area contributed by atoms with E-state index in [0.29, 0.717) is 10.8 Å². The van der Waals surface area contributed by atoms with Gasteiger partial charge in [-0.3, -0.25) is 4.21 Å². The zero-order chi connectivity index (χ0) is 15.6. The zero-order valence-corrected chi connectivity index (χ0v) is 14.2. The molecule has 0 saturated heterocycles. The van der Waals surface area contributed by atoms with Crippen molar-refractivity contribution in [2.75, 3.05) is 7.05 Å². The van der Waals surface area contributed by atoms with E-state index in [9.17, 15) is 8.60 Å². The third-order valence-electron chi connectivity index (χ3n) is 4.72. The summed E-state index contributed by atoms with van der Waals surface area (Å²) in [5.41, 5.74) is 0.205. The Labute approximate surface area is 130 Å².